The normalized spacial score (nSPS) is 13.4. The summed E-state index contributed by atoms with van der Waals surface area (Å²) >= 11 is 1.40. The molecular formula is C6H10N2OS. The summed E-state index contributed by atoms with van der Waals surface area (Å²) < 4.78 is 0. The van der Waals surface area contributed by atoms with E-state index in [-0.39, 0.29) is 6.10 Å². The third-order valence-corrected chi connectivity index (χ3v) is 1.80. The number of aliphatic hydroxyl groups is 1. The quantitative estimate of drug-likeness (QED) is 0.664. The highest BCUT2D eigenvalue weighted by Crippen LogP contribution is 2.12. The van der Waals surface area contributed by atoms with Crippen LogP contribution < -0.4 is 5.73 Å². The second kappa shape index (κ2) is 2.98. The van der Waals surface area contributed by atoms with E-state index in [1.165, 1.54) is 11.3 Å². The predicted molar refractivity (Wildman–Crippen MR) is 41.9 cm³/mol. The first-order chi connectivity index (χ1) is 4.68. The molecule has 56 valence electrons. The van der Waals surface area contributed by atoms with Crippen LogP contribution in [0.2, 0.25) is 0 Å². The topological polar surface area (TPSA) is 59.1 Å². The number of anilines is 1. The molecule has 0 aliphatic carbocycles. The lowest BCUT2D eigenvalue weighted by Gasteiger charge is -1.97. The summed E-state index contributed by atoms with van der Waals surface area (Å²) in [5.74, 6) is 0. The molecule has 4 heteroatoms. The molecule has 0 aliphatic rings. The van der Waals surface area contributed by atoms with Crippen LogP contribution in [0.1, 0.15) is 12.6 Å². The maximum absolute atomic E-state index is 8.94. The summed E-state index contributed by atoms with van der Waals surface area (Å²) in [6.07, 6.45) is 0.259. The molecule has 1 heterocycles. The third-order valence-electron chi connectivity index (χ3n) is 1.07. The molecule has 10 heavy (non-hydrogen) atoms. The second-order valence-electron chi connectivity index (χ2n) is 2.23. The van der Waals surface area contributed by atoms with Crippen LogP contribution in [0.3, 0.4) is 0 Å². The van der Waals surface area contributed by atoms with Gasteiger partial charge < -0.3 is 10.8 Å². The van der Waals surface area contributed by atoms with Crippen molar-refractivity contribution >= 4 is 16.5 Å². The molecule has 0 aliphatic heterocycles. The first-order valence-corrected chi connectivity index (χ1v) is 3.94. The molecule has 0 saturated carbocycles. The SMILES string of the molecule is CC(O)Cc1csc(N)n1. The lowest BCUT2D eigenvalue weighted by atomic mass is 10.2. The van der Waals surface area contributed by atoms with Crippen LogP contribution in [-0.4, -0.2) is 16.2 Å². The van der Waals surface area contributed by atoms with Gasteiger partial charge in [0.15, 0.2) is 5.13 Å². The molecule has 3 nitrogen and oxygen atoms in total. The van der Waals surface area contributed by atoms with Gasteiger partial charge in [0.2, 0.25) is 0 Å². The van der Waals surface area contributed by atoms with Crippen LogP contribution in [0.15, 0.2) is 5.38 Å². The molecule has 0 spiro atoms. The number of rotatable bonds is 2. The number of thiazole rings is 1. The van der Waals surface area contributed by atoms with Gasteiger partial charge in [-0.15, -0.1) is 11.3 Å². The van der Waals surface area contributed by atoms with E-state index < -0.39 is 0 Å². The second-order valence-corrected chi connectivity index (χ2v) is 3.12. The van der Waals surface area contributed by atoms with Crippen LogP contribution in [0.4, 0.5) is 5.13 Å². The highest BCUT2D eigenvalue weighted by atomic mass is 32.1. The van der Waals surface area contributed by atoms with Crippen LogP contribution in [-0.2, 0) is 6.42 Å². The van der Waals surface area contributed by atoms with E-state index in [1.807, 2.05) is 5.38 Å². The summed E-state index contributed by atoms with van der Waals surface area (Å²) in [6.45, 7) is 1.73. The average molecular weight is 158 g/mol. The summed E-state index contributed by atoms with van der Waals surface area (Å²) in [4.78, 5) is 3.99. The highest BCUT2D eigenvalue weighted by Gasteiger charge is 2.01. The van der Waals surface area contributed by atoms with E-state index in [9.17, 15) is 0 Å². The number of aliphatic hydroxyl groups excluding tert-OH is 1. The molecule has 1 atom stereocenters. The first-order valence-electron chi connectivity index (χ1n) is 3.06. The minimum Gasteiger partial charge on any atom is -0.393 e. The maximum atomic E-state index is 8.94. The molecular weight excluding hydrogens is 148 g/mol. The van der Waals surface area contributed by atoms with Gasteiger partial charge in [0, 0.05) is 11.8 Å². The largest absolute Gasteiger partial charge is 0.393 e. The predicted octanol–water partition coefficient (Wildman–Crippen LogP) is 0.649. The zero-order chi connectivity index (χ0) is 7.56. The summed E-state index contributed by atoms with van der Waals surface area (Å²) in [5.41, 5.74) is 6.25. The van der Waals surface area contributed by atoms with Crippen molar-refractivity contribution in [1.82, 2.24) is 4.98 Å². The lowest BCUT2D eigenvalue weighted by molar-refractivity contribution is 0.194. The number of hydrogen-bond acceptors (Lipinski definition) is 4. The molecule has 0 aromatic carbocycles. The smallest absolute Gasteiger partial charge is 0.180 e. The van der Waals surface area contributed by atoms with Gasteiger partial charge in [0.1, 0.15) is 0 Å². The Bertz CT molecular complexity index is 209. The molecule has 0 bridgehead atoms. The van der Waals surface area contributed by atoms with E-state index in [4.69, 9.17) is 10.8 Å². The van der Waals surface area contributed by atoms with Crippen LogP contribution in [0.5, 0.6) is 0 Å². The Morgan fingerprint density at radius 2 is 2.60 bits per heavy atom. The highest BCUT2D eigenvalue weighted by molar-refractivity contribution is 7.13. The molecule has 1 unspecified atom stereocenters. The van der Waals surface area contributed by atoms with Gasteiger partial charge in [0.05, 0.1) is 11.8 Å². The molecule has 0 saturated heterocycles. The molecule has 0 radical (unpaired) electrons. The summed E-state index contributed by atoms with van der Waals surface area (Å²) in [7, 11) is 0. The zero-order valence-corrected chi connectivity index (χ0v) is 6.56. The monoisotopic (exact) mass is 158 g/mol. The number of aromatic nitrogens is 1. The average Bonchev–Trinajstić information content (AvgIpc) is 2.13. The van der Waals surface area contributed by atoms with Gasteiger partial charge in [-0.1, -0.05) is 0 Å². The van der Waals surface area contributed by atoms with Crippen molar-refractivity contribution in [3.8, 4) is 0 Å². The van der Waals surface area contributed by atoms with Crippen molar-refractivity contribution in [2.75, 3.05) is 5.73 Å². The van der Waals surface area contributed by atoms with E-state index in [1.54, 1.807) is 6.92 Å². The van der Waals surface area contributed by atoms with Crippen molar-refractivity contribution in [3.63, 3.8) is 0 Å². The molecule has 0 fully saturated rings. The molecule has 1 aromatic heterocycles. The van der Waals surface area contributed by atoms with Gasteiger partial charge in [0.25, 0.3) is 0 Å². The van der Waals surface area contributed by atoms with Crippen molar-refractivity contribution < 1.29 is 5.11 Å². The fourth-order valence-electron chi connectivity index (χ4n) is 0.719. The molecule has 1 rings (SSSR count). The minimum atomic E-state index is -0.332. The van der Waals surface area contributed by atoms with Crippen molar-refractivity contribution in [3.05, 3.63) is 11.1 Å². The molecule has 0 amide bonds. The van der Waals surface area contributed by atoms with Gasteiger partial charge >= 0.3 is 0 Å². The Balaban J connectivity index is 2.58. The zero-order valence-electron chi connectivity index (χ0n) is 5.74. The summed E-state index contributed by atoms with van der Waals surface area (Å²) in [6, 6.07) is 0. The number of nitrogens with two attached hydrogens (primary N) is 1. The number of nitrogens with zero attached hydrogens (tertiary/aromatic N) is 1. The van der Waals surface area contributed by atoms with Crippen LogP contribution in [0.25, 0.3) is 0 Å². The number of hydrogen-bond donors (Lipinski definition) is 2. The molecule has 3 N–H and O–H groups in total. The number of nitrogen functional groups attached to an aromatic ring is 1. The Morgan fingerprint density at radius 1 is 1.90 bits per heavy atom. The third kappa shape index (κ3) is 1.97. The van der Waals surface area contributed by atoms with E-state index in [2.05, 4.69) is 4.98 Å². The van der Waals surface area contributed by atoms with Gasteiger partial charge in [-0.05, 0) is 6.92 Å². The van der Waals surface area contributed by atoms with Crippen molar-refractivity contribution in [1.29, 1.82) is 0 Å². The standard InChI is InChI=1S/C6H10N2OS/c1-4(9)2-5-3-10-6(7)8-5/h3-4,9H,2H2,1H3,(H2,7,8). The Labute approximate surface area is 63.5 Å². The van der Waals surface area contributed by atoms with Gasteiger partial charge in [-0.2, -0.15) is 0 Å². The lowest BCUT2D eigenvalue weighted by Crippen LogP contribution is -2.04. The maximum Gasteiger partial charge on any atom is 0.180 e. The van der Waals surface area contributed by atoms with Crippen molar-refractivity contribution in [2.45, 2.75) is 19.4 Å². The van der Waals surface area contributed by atoms with E-state index >= 15 is 0 Å². The van der Waals surface area contributed by atoms with Crippen LogP contribution >= 0.6 is 11.3 Å². The summed E-state index contributed by atoms with van der Waals surface area (Å²) in [5, 5.41) is 11.4. The van der Waals surface area contributed by atoms with E-state index in [0.29, 0.717) is 11.6 Å². The van der Waals surface area contributed by atoms with Crippen molar-refractivity contribution in [2.24, 2.45) is 0 Å². The Kier molecular flexibility index (Phi) is 2.24. The molecule has 1 aromatic rings. The van der Waals surface area contributed by atoms with Crippen LogP contribution in [0, 0.1) is 0 Å². The minimum absolute atomic E-state index is 0.332. The first kappa shape index (κ1) is 7.50. The van der Waals surface area contributed by atoms with Gasteiger partial charge in [-0.25, -0.2) is 4.98 Å². The van der Waals surface area contributed by atoms with Gasteiger partial charge in [-0.3, -0.25) is 0 Å². The fraction of sp³-hybridized carbons (Fsp3) is 0.500. The fourth-order valence-corrected chi connectivity index (χ4v) is 1.29. The van der Waals surface area contributed by atoms with E-state index in [0.717, 1.165) is 5.69 Å². The Morgan fingerprint density at radius 3 is 3.00 bits per heavy atom. The Hall–Kier alpha value is -0.610.